The summed E-state index contributed by atoms with van der Waals surface area (Å²) in [7, 11) is 0. The van der Waals surface area contributed by atoms with Crippen LogP contribution in [0, 0.1) is 0 Å². The molecule has 4 aromatic heterocycles. The van der Waals surface area contributed by atoms with E-state index >= 15 is 0 Å². The van der Waals surface area contributed by atoms with Gasteiger partial charge in [-0.1, -0.05) is 117 Å². The molecule has 0 amide bonds. The van der Waals surface area contributed by atoms with E-state index in [0.29, 0.717) is 0 Å². The van der Waals surface area contributed by atoms with Gasteiger partial charge >= 0.3 is 0 Å². The molecule has 4 heteroatoms. The fraction of sp³-hybridized carbons (Fsp3) is 0.0625. The van der Waals surface area contributed by atoms with Gasteiger partial charge in [-0.05, 0) is 75.8 Å². The first-order valence-corrected chi connectivity index (χ1v) is 17.9. The zero-order chi connectivity index (χ0) is 34.6. The molecule has 4 nitrogen and oxygen atoms in total. The van der Waals surface area contributed by atoms with Crippen molar-refractivity contribution in [1.29, 1.82) is 0 Å². The molecule has 0 N–H and O–H groups in total. The highest BCUT2D eigenvalue weighted by molar-refractivity contribution is 6.24. The highest BCUT2D eigenvalue weighted by atomic mass is 14.9. The van der Waals surface area contributed by atoms with Gasteiger partial charge in [0.05, 0.1) is 27.9 Å². The van der Waals surface area contributed by atoms with Crippen molar-refractivity contribution in [2.75, 3.05) is 0 Å². The zero-order valence-electron chi connectivity index (χ0n) is 28.8. The fourth-order valence-corrected chi connectivity index (χ4v) is 9.04. The molecular formula is C48H32N4. The molecule has 0 radical (unpaired) electrons. The van der Waals surface area contributed by atoms with E-state index in [0.717, 1.165) is 33.9 Å². The van der Waals surface area contributed by atoms with Crippen LogP contribution in [-0.2, 0) is 5.41 Å². The Balaban J connectivity index is 1.14. The number of aromatic nitrogens is 4. The van der Waals surface area contributed by atoms with Crippen molar-refractivity contribution < 1.29 is 0 Å². The average molecular weight is 665 g/mol. The monoisotopic (exact) mass is 664 g/mol. The molecule has 244 valence electrons. The Kier molecular flexibility index (Phi) is 5.98. The minimum Gasteiger partial charge on any atom is -0.308 e. The molecule has 0 bridgehead atoms. The van der Waals surface area contributed by atoms with Gasteiger partial charge in [0.15, 0.2) is 5.82 Å². The molecule has 0 atom stereocenters. The molecule has 0 fully saturated rings. The maximum absolute atomic E-state index is 5.26. The summed E-state index contributed by atoms with van der Waals surface area (Å²) in [6.45, 7) is 4.74. The maximum atomic E-state index is 5.26. The van der Waals surface area contributed by atoms with Gasteiger partial charge in [-0.25, -0.2) is 9.97 Å². The summed E-state index contributed by atoms with van der Waals surface area (Å²) < 4.78 is 2.45. The lowest BCUT2D eigenvalue weighted by atomic mass is 9.77. The van der Waals surface area contributed by atoms with E-state index < -0.39 is 0 Å². The number of nitrogens with zero attached hydrogens (tertiary/aromatic N) is 4. The van der Waals surface area contributed by atoms with Crippen LogP contribution >= 0.6 is 0 Å². The van der Waals surface area contributed by atoms with E-state index in [1.54, 1.807) is 6.20 Å². The van der Waals surface area contributed by atoms with Crippen molar-refractivity contribution in [2.24, 2.45) is 0 Å². The van der Waals surface area contributed by atoms with Gasteiger partial charge in [0.1, 0.15) is 0 Å². The molecule has 6 aromatic carbocycles. The van der Waals surface area contributed by atoms with Gasteiger partial charge in [0, 0.05) is 56.0 Å². The van der Waals surface area contributed by atoms with Crippen LogP contribution in [0.5, 0.6) is 0 Å². The topological polar surface area (TPSA) is 43.1 Å². The Morgan fingerprint density at radius 1 is 0.462 bits per heavy atom. The quantitative estimate of drug-likeness (QED) is 0.188. The van der Waals surface area contributed by atoms with E-state index in [1.165, 1.54) is 71.5 Å². The van der Waals surface area contributed by atoms with Crippen molar-refractivity contribution in [3.63, 3.8) is 0 Å². The van der Waals surface area contributed by atoms with Crippen molar-refractivity contribution in [3.05, 3.63) is 169 Å². The second kappa shape index (κ2) is 10.7. The first-order valence-electron chi connectivity index (χ1n) is 17.9. The van der Waals surface area contributed by atoms with Crippen LogP contribution in [0.4, 0.5) is 0 Å². The summed E-state index contributed by atoms with van der Waals surface area (Å²) in [5, 5.41) is 5.15. The number of hydrogen-bond acceptors (Lipinski definition) is 3. The van der Waals surface area contributed by atoms with Crippen LogP contribution in [0.1, 0.15) is 25.0 Å². The number of para-hydroxylation sites is 2. The summed E-state index contributed by atoms with van der Waals surface area (Å²) in [5.41, 5.74) is 15.9. The summed E-state index contributed by atoms with van der Waals surface area (Å²) >= 11 is 0. The molecule has 0 saturated heterocycles. The normalized spacial score (nSPS) is 13.3. The lowest BCUT2D eigenvalue weighted by Crippen LogP contribution is -2.18. The molecule has 0 unspecified atom stereocenters. The Morgan fingerprint density at radius 3 is 1.67 bits per heavy atom. The summed E-state index contributed by atoms with van der Waals surface area (Å²) in [4.78, 5) is 14.9. The third-order valence-corrected chi connectivity index (χ3v) is 11.2. The number of benzene rings is 6. The van der Waals surface area contributed by atoms with Crippen LogP contribution in [0.15, 0.2) is 158 Å². The number of pyridine rings is 1. The summed E-state index contributed by atoms with van der Waals surface area (Å²) in [6.07, 6.45) is 3.67. The Hall–Kier alpha value is -6.65. The lowest BCUT2D eigenvalue weighted by Gasteiger charge is -2.26. The minimum atomic E-state index is -0.334. The molecule has 0 spiro atoms. The highest BCUT2D eigenvalue weighted by Gasteiger charge is 2.40. The number of rotatable bonds is 4. The third kappa shape index (κ3) is 4.00. The molecule has 10 aromatic rings. The molecule has 11 rings (SSSR count). The van der Waals surface area contributed by atoms with Crippen molar-refractivity contribution in [2.45, 2.75) is 19.3 Å². The second-order valence-electron chi connectivity index (χ2n) is 14.4. The molecule has 4 heterocycles. The standard InChI is InChI=1S/C48H32N4/c1-48(2)44-32(31-25-38-33-16-6-8-22-42(33)52-43-23-9-7-17-34(43)39(26-31)46(38)52)18-10-19-35(44)36-20-11-21-37(45(36)48)47-50-40(29-13-4-3-5-14-29)27-41(51-47)30-15-12-24-49-28-30/h3-28H,1-2H3. The van der Waals surface area contributed by atoms with E-state index in [4.69, 9.17) is 9.97 Å². The first-order chi connectivity index (χ1) is 25.6. The average Bonchev–Trinajstić information content (AvgIpc) is 3.81. The number of fused-ring (bicyclic) bond motifs is 9. The smallest absolute Gasteiger partial charge is 0.160 e. The SMILES string of the molecule is CC1(C)c2c(-c3cc4c5ccccc5n5c6ccccc6c(c3)c45)cccc2-c2cccc(-c3nc(-c4ccccc4)cc(-c4cccnc4)n3)c21. The second-order valence-corrected chi connectivity index (χ2v) is 14.4. The molecule has 1 aliphatic carbocycles. The molecule has 1 aliphatic rings. The fourth-order valence-electron chi connectivity index (χ4n) is 9.04. The minimum absolute atomic E-state index is 0.334. The van der Waals surface area contributed by atoms with Gasteiger partial charge in [-0.2, -0.15) is 0 Å². The van der Waals surface area contributed by atoms with Gasteiger partial charge in [0.25, 0.3) is 0 Å². The zero-order valence-corrected chi connectivity index (χ0v) is 28.8. The summed E-state index contributed by atoms with van der Waals surface area (Å²) in [5.74, 6) is 0.721. The molecule has 52 heavy (non-hydrogen) atoms. The first kappa shape index (κ1) is 29.1. The van der Waals surface area contributed by atoms with Crippen LogP contribution in [0.3, 0.4) is 0 Å². The van der Waals surface area contributed by atoms with E-state index in [-0.39, 0.29) is 5.41 Å². The van der Waals surface area contributed by atoms with Gasteiger partial charge in [0.2, 0.25) is 0 Å². The molecular weight excluding hydrogens is 633 g/mol. The van der Waals surface area contributed by atoms with Crippen LogP contribution < -0.4 is 0 Å². The summed E-state index contributed by atoms with van der Waals surface area (Å²) in [6, 6.07) is 52.4. The largest absolute Gasteiger partial charge is 0.308 e. The predicted molar refractivity (Wildman–Crippen MR) is 214 cm³/mol. The lowest BCUT2D eigenvalue weighted by molar-refractivity contribution is 0.663. The van der Waals surface area contributed by atoms with Crippen molar-refractivity contribution in [3.8, 4) is 56.2 Å². The van der Waals surface area contributed by atoms with E-state index in [2.05, 4.69) is 157 Å². The van der Waals surface area contributed by atoms with Crippen LogP contribution in [-0.4, -0.2) is 19.4 Å². The van der Waals surface area contributed by atoms with Crippen molar-refractivity contribution in [1.82, 2.24) is 19.4 Å². The molecule has 0 aliphatic heterocycles. The van der Waals surface area contributed by atoms with Crippen LogP contribution in [0.2, 0.25) is 0 Å². The maximum Gasteiger partial charge on any atom is 0.160 e. The van der Waals surface area contributed by atoms with Gasteiger partial charge in [-0.15, -0.1) is 0 Å². The Morgan fingerprint density at radius 2 is 1.02 bits per heavy atom. The Labute approximate surface area is 301 Å². The van der Waals surface area contributed by atoms with E-state index in [9.17, 15) is 0 Å². The van der Waals surface area contributed by atoms with Gasteiger partial charge < -0.3 is 4.40 Å². The predicted octanol–water partition coefficient (Wildman–Crippen LogP) is 12.0. The third-order valence-electron chi connectivity index (χ3n) is 11.2. The Bertz CT molecular complexity index is 2890. The van der Waals surface area contributed by atoms with Crippen LogP contribution in [0.25, 0.3) is 94.3 Å². The van der Waals surface area contributed by atoms with Gasteiger partial charge in [-0.3, -0.25) is 4.98 Å². The highest BCUT2D eigenvalue weighted by Crippen LogP contribution is 2.55. The number of hydrogen-bond donors (Lipinski definition) is 0. The van der Waals surface area contributed by atoms with Crippen molar-refractivity contribution >= 4 is 38.1 Å². The van der Waals surface area contributed by atoms with E-state index in [1.807, 2.05) is 18.3 Å². The molecule has 0 saturated carbocycles.